The van der Waals surface area contributed by atoms with E-state index in [1.165, 1.54) is 4.31 Å². The van der Waals surface area contributed by atoms with Gasteiger partial charge < -0.3 is 10.1 Å². The van der Waals surface area contributed by atoms with E-state index < -0.39 is 10.0 Å². The van der Waals surface area contributed by atoms with Gasteiger partial charge in [0.15, 0.2) is 0 Å². The molecular formula is C18H26N2O4S. The van der Waals surface area contributed by atoms with Crippen molar-refractivity contribution in [2.75, 3.05) is 26.0 Å². The highest BCUT2D eigenvalue weighted by atomic mass is 32.2. The van der Waals surface area contributed by atoms with Crippen LogP contribution in [0.15, 0.2) is 24.3 Å². The van der Waals surface area contributed by atoms with Gasteiger partial charge >= 0.3 is 0 Å². The van der Waals surface area contributed by atoms with Crippen molar-refractivity contribution in [3.63, 3.8) is 0 Å². The van der Waals surface area contributed by atoms with Gasteiger partial charge in [0, 0.05) is 13.1 Å². The summed E-state index contributed by atoms with van der Waals surface area (Å²) < 4.78 is 30.9. The second-order valence-corrected chi connectivity index (χ2v) is 9.16. The number of carbonyl (C=O) groups excluding carboxylic acids is 1. The molecule has 1 heterocycles. The Hall–Kier alpha value is -1.60. The van der Waals surface area contributed by atoms with Crippen molar-refractivity contribution in [3.05, 3.63) is 29.8 Å². The van der Waals surface area contributed by atoms with Gasteiger partial charge in [0.25, 0.3) is 0 Å². The summed E-state index contributed by atoms with van der Waals surface area (Å²) in [5.41, 5.74) is 0.728. The van der Waals surface area contributed by atoms with E-state index in [9.17, 15) is 13.2 Å². The molecule has 1 unspecified atom stereocenters. The van der Waals surface area contributed by atoms with Crippen LogP contribution in [0, 0.1) is 5.92 Å². The Balaban J connectivity index is 1.69. The van der Waals surface area contributed by atoms with E-state index in [4.69, 9.17) is 4.74 Å². The average Bonchev–Trinajstić information content (AvgIpc) is 3.42. The smallest absolute Gasteiger partial charge is 0.225 e. The maximum Gasteiger partial charge on any atom is 0.225 e. The molecule has 1 amide bonds. The van der Waals surface area contributed by atoms with Crippen LogP contribution in [0.25, 0.3) is 0 Å². The van der Waals surface area contributed by atoms with Gasteiger partial charge in [0.1, 0.15) is 5.75 Å². The van der Waals surface area contributed by atoms with E-state index in [0.29, 0.717) is 6.54 Å². The Morgan fingerprint density at radius 3 is 2.80 bits per heavy atom. The van der Waals surface area contributed by atoms with Crippen molar-refractivity contribution in [2.45, 2.75) is 38.1 Å². The first-order chi connectivity index (χ1) is 11.9. The molecule has 1 aromatic carbocycles. The third-order valence-electron chi connectivity index (χ3n) is 5.25. The van der Waals surface area contributed by atoms with Crippen LogP contribution in [0.2, 0.25) is 0 Å². The van der Waals surface area contributed by atoms with E-state index in [0.717, 1.165) is 37.0 Å². The molecule has 0 bridgehead atoms. The molecule has 6 nitrogen and oxygen atoms in total. The van der Waals surface area contributed by atoms with Gasteiger partial charge in [0.05, 0.1) is 24.3 Å². The van der Waals surface area contributed by atoms with Crippen molar-refractivity contribution in [2.24, 2.45) is 5.92 Å². The number of piperidine rings is 1. The first-order valence-electron chi connectivity index (χ1n) is 8.84. The van der Waals surface area contributed by atoms with Gasteiger partial charge in [-0.15, -0.1) is 0 Å². The highest BCUT2D eigenvalue weighted by molar-refractivity contribution is 7.89. The third kappa shape index (κ3) is 3.82. The quantitative estimate of drug-likeness (QED) is 0.834. The molecule has 1 saturated heterocycles. The van der Waals surface area contributed by atoms with Gasteiger partial charge in [-0.25, -0.2) is 12.7 Å². The molecule has 1 aromatic rings. The highest BCUT2D eigenvalue weighted by Gasteiger charge is 2.47. The molecule has 7 heteroatoms. The summed E-state index contributed by atoms with van der Waals surface area (Å²) in [5, 5.41) is 3.18. The molecule has 138 valence electrons. The Morgan fingerprint density at radius 2 is 2.16 bits per heavy atom. The van der Waals surface area contributed by atoms with Crippen LogP contribution in [-0.2, 0) is 20.4 Å². The Labute approximate surface area is 149 Å². The normalized spacial score (nSPS) is 23.0. The number of nitrogens with zero attached hydrogens (tertiary/aromatic N) is 1. The number of carbonyl (C=O) groups is 1. The predicted octanol–water partition coefficient (Wildman–Crippen LogP) is 1.86. The summed E-state index contributed by atoms with van der Waals surface area (Å²) in [5.74, 6) is 0.528. The van der Waals surface area contributed by atoms with Crippen molar-refractivity contribution in [1.29, 1.82) is 0 Å². The lowest BCUT2D eigenvalue weighted by atomic mass is 9.97. The first kappa shape index (κ1) is 18.2. The predicted molar refractivity (Wildman–Crippen MR) is 95.8 cm³/mol. The lowest BCUT2D eigenvalue weighted by molar-refractivity contribution is -0.127. The SMILES string of the molecule is CCS(=O)(=O)N1CCCC(C(=O)NC2(c3cccc(OC)c3)CC2)C1. The van der Waals surface area contributed by atoms with Crippen LogP contribution in [-0.4, -0.2) is 44.6 Å². The second kappa shape index (κ2) is 6.96. The molecular weight excluding hydrogens is 340 g/mol. The molecule has 0 radical (unpaired) electrons. The summed E-state index contributed by atoms with van der Waals surface area (Å²) in [6, 6.07) is 7.78. The number of nitrogens with one attached hydrogen (secondary N) is 1. The maximum absolute atomic E-state index is 12.8. The van der Waals surface area contributed by atoms with Crippen LogP contribution in [0.1, 0.15) is 38.2 Å². The van der Waals surface area contributed by atoms with Crippen LogP contribution in [0.5, 0.6) is 5.75 Å². The topological polar surface area (TPSA) is 75.7 Å². The minimum absolute atomic E-state index is 0.0451. The van der Waals surface area contributed by atoms with Crippen LogP contribution < -0.4 is 10.1 Å². The van der Waals surface area contributed by atoms with Gasteiger partial charge in [-0.3, -0.25) is 4.79 Å². The second-order valence-electron chi connectivity index (χ2n) is 6.90. The molecule has 1 aliphatic carbocycles. The lowest BCUT2D eigenvalue weighted by Gasteiger charge is -2.32. The zero-order chi connectivity index (χ0) is 18.1. The number of methoxy groups -OCH3 is 1. The Bertz CT molecular complexity index is 743. The summed E-state index contributed by atoms with van der Waals surface area (Å²) in [4.78, 5) is 12.8. The van der Waals surface area contributed by atoms with Gasteiger partial charge in [-0.2, -0.15) is 0 Å². The first-order valence-corrected chi connectivity index (χ1v) is 10.5. The van der Waals surface area contributed by atoms with E-state index in [1.807, 2.05) is 24.3 Å². The molecule has 0 aromatic heterocycles. The van der Waals surface area contributed by atoms with E-state index in [1.54, 1.807) is 14.0 Å². The van der Waals surface area contributed by atoms with Crippen LogP contribution >= 0.6 is 0 Å². The molecule has 2 fully saturated rings. The molecule has 1 N–H and O–H groups in total. The fourth-order valence-corrected chi connectivity index (χ4v) is 4.64. The largest absolute Gasteiger partial charge is 0.497 e. The van der Waals surface area contributed by atoms with E-state index in [-0.39, 0.29) is 29.7 Å². The minimum Gasteiger partial charge on any atom is -0.497 e. The molecule has 1 atom stereocenters. The third-order valence-corrected chi connectivity index (χ3v) is 7.10. The molecule has 0 spiro atoms. The zero-order valence-electron chi connectivity index (χ0n) is 14.8. The van der Waals surface area contributed by atoms with E-state index in [2.05, 4.69) is 5.32 Å². The summed E-state index contributed by atoms with van der Waals surface area (Å²) in [7, 11) is -1.61. The van der Waals surface area contributed by atoms with Crippen molar-refractivity contribution in [3.8, 4) is 5.75 Å². The summed E-state index contributed by atoms with van der Waals surface area (Å²) >= 11 is 0. The summed E-state index contributed by atoms with van der Waals surface area (Å²) in [6.07, 6.45) is 3.25. The maximum atomic E-state index is 12.8. The standard InChI is InChI=1S/C18H26N2O4S/c1-3-25(22,23)20-11-5-6-14(13-20)17(21)19-18(9-10-18)15-7-4-8-16(12-15)24-2/h4,7-8,12,14H,3,5-6,9-11,13H2,1-2H3,(H,19,21). The Morgan fingerprint density at radius 1 is 1.40 bits per heavy atom. The molecule has 25 heavy (non-hydrogen) atoms. The molecule has 1 saturated carbocycles. The fraction of sp³-hybridized carbons (Fsp3) is 0.611. The average molecular weight is 366 g/mol. The van der Waals surface area contributed by atoms with Crippen molar-refractivity contribution < 1.29 is 17.9 Å². The number of benzene rings is 1. The van der Waals surface area contributed by atoms with Gasteiger partial charge in [-0.05, 0) is 50.3 Å². The number of sulfonamides is 1. The summed E-state index contributed by atoms with van der Waals surface area (Å²) in [6.45, 7) is 2.44. The highest BCUT2D eigenvalue weighted by Crippen LogP contribution is 2.46. The van der Waals surface area contributed by atoms with Crippen molar-refractivity contribution >= 4 is 15.9 Å². The molecule has 1 aliphatic heterocycles. The number of amides is 1. The minimum atomic E-state index is -3.24. The number of rotatable bonds is 6. The van der Waals surface area contributed by atoms with Gasteiger partial charge in [-0.1, -0.05) is 12.1 Å². The Kier molecular flexibility index (Phi) is 5.06. The number of hydrogen-bond acceptors (Lipinski definition) is 4. The molecule has 2 aliphatic rings. The lowest BCUT2D eigenvalue weighted by Crippen LogP contribution is -2.48. The van der Waals surface area contributed by atoms with Crippen LogP contribution in [0.4, 0.5) is 0 Å². The monoisotopic (exact) mass is 366 g/mol. The molecule has 3 rings (SSSR count). The van der Waals surface area contributed by atoms with Gasteiger partial charge in [0.2, 0.25) is 15.9 Å². The number of hydrogen-bond donors (Lipinski definition) is 1. The van der Waals surface area contributed by atoms with E-state index >= 15 is 0 Å². The zero-order valence-corrected chi connectivity index (χ0v) is 15.6. The fourth-order valence-electron chi connectivity index (χ4n) is 3.46. The van der Waals surface area contributed by atoms with Crippen molar-refractivity contribution in [1.82, 2.24) is 9.62 Å². The number of ether oxygens (including phenoxy) is 1. The van der Waals surface area contributed by atoms with Crippen LogP contribution in [0.3, 0.4) is 0 Å².